The van der Waals surface area contributed by atoms with Crippen LogP contribution in [0.4, 0.5) is 11.8 Å². The highest BCUT2D eigenvalue weighted by atomic mass is 16.3. The fourth-order valence-electron chi connectivity index (χ4n) is 3.55. The van der Waals surface area contributed by atoms with Crippen molar-refractivity contribution in [1.82, 2.24) is 19.9 Å². The second-order valence-corrected chi connectivity index (χ2v) is 7.24. The first-order valence-electron chi connectivity index (χ1n) is 9.55. The lowest BCUT2D eigenvalue weighted by Gasteiger charge is -2.31. The SMILES string of the molecule is Cc1ccc2[nH]c(CCNc3nccc(N4CCCC(O)C4)n3)nc2c1C. The second kappa shape index (κ2) is 7.52. The molecule has 1 aliphatic rings. The van der Waals surface area contributed by atoms with E-state index in [2.05, 4.69) is 51.1 Å². The van der Waals surface area contributed by atoms with Crippen molar-refractivity contribution in [3.05, 3.63) is 41.3 Å². The van der Waals surface area contributed by atoms with Gasteiger partial charge in [-0.15, -0.1) is 0 Å². The molecule has 1 aromatic carbocycles. The lowest BCUT2D eigenvalue weighted by molar-refractivity contribution is 0.154. The molecule has 0 aliphatic carbocycles. The summed E-state index contributed by atoms with van der Waals surface area (Å²) in [6.07, 6.45) is 4.11. The summed E-state index contributed by atoms with van der Waals surface area (Å²) in [5.41, 5.74) is 4.61. The standard InChI is InChI=1S/C20H26N6O/c1-13-5-6-16-19(14(13)2)24-17(23-16)7-9-21-20-22-10-8-18(25-20)26-11-3-4-15(27)12-26/h5-6,8,10,15,27H,3-4,7,9,11-12H2,1-2H3,(H,23,24)(H,21,22,25). The minimum atomic E-state index is -0.273. The summed E-state index contributed by atoms with van der Waals surface area (Å²) >= 11 is 0. The number of aromatic nitrogens is 4. The van der Waals surface area contributed by atoms with Crippen LogP contribution in [-0.4, -0.2) is 50.8 Å². The summed E-state index contributed by atoms with van der Waals surface area (Å²) in [4.78, 5) is 19.1. The lowest BCUT2D eigenvalue weighted by atomic mass is 10.1. The molecule has 3 N–H and O–H groups in total. The predicted octanol–water partition coefficient (Wildman–Crippen LogP) is 2.59. The van der Waals surface area contributed by atoms with Crippen LogP contribution >= 0.6 is 0 Å². The van der Waals surface area contributed by atoms with Gasteiger partial charge in [-0.3, -0.25) is 0 Å². The summed E-state index contributed by atoms with van der Waals surface area (Å²) in [6, 6.07) is 6.10. The van der Waals surface area contributed by atoms with Crippen molar-refractivity contribution in [2.75, 3.05) is 29.9 Å². The zero-order valence-corrected chi connectivity index (χ0v) is 15.9. The van der Waals surface area contributed by atoms with Gasteiger partial charge in [0, 0.05) is 32.3 Å². The van der Waals surface area contributed by atoms with Crippen LogP contribution in [0.2, 0.25) is 0 Å². The molecular weight excluding hydrogens is 340 g/mol. The third-order valence-corrected chi connectivity index (χ3v) is 5.23. The van der Waals surface area contributed by atoms with Gasteiger partial charge in [0.1, 0.15) is 11.6 Å². The molecule has 1 unspecified atom stereocenters. The minimum Gasteiger partial charge on any atom is -0.391 e. The number of rotatable bonds is 5. The van der Waals surface area contributed by atoms with Gasteiger partial charge in [-0.05, 0) is 49.9 Å². The number of hydrogen-bond acceptors (Lipinski definition) is 6. The van der Waals surface area contributed by atoms with Gasteiger partial charge in [-0.2, -0.15) is 4.98 Å². The molecule has 4 rings (SSSR count). The summed E-state index contributed by atoms with van der Waals surface area (Å²) in [6.45, 7) is 6.47. The Morgan fingerprint density at radius 1 is 1.26 bits per heavy atom. The van der Waals surface area contributed by atoms with E-state index in [1.54, 1.807) is 6.20 Å². The average Bonchev–Trinajstić information content (AvgIpc) is 3.09. The molecule has 0 bridgehead atoms. The van der Waals surface area contributed by atoms with E-state index in [0.29, 0.717) is 19.0 Å². The first-order chi connectivity index (χ1) is 13.1. The topological polar surface area (TPSA) is 90.0 Å². The molecule has 1 aliphatic heterocycles. The van der Waals surface area contributed by atoms with Gasteiger partial charge >= 0.3 is 0 Å². The van der Waals surface area contributed by atoms with Crippen molar-refractivity contribution < 1.29 is 5.11 Å². The Morgan fingerprint density at radius 3 is 3.00 bits per heavy atom. The molecule has 1 saturated heterocycles. The van der Waals surface area contributed by atoms with Crippen molar-refractivity contribution in [3.8, 4) is 0 Å². The average molecular weight is 366 g/mol. The van der Waals surface area contributed by atoms with Gasteiger partial charge < -0.3 is 20.3 Å². The van der Waals surface area contributed by atoms with Crippen molar-refractivity contribution in [2.45, 2.75) is 39.2 Å². The molecule has 27 heavy (non-hydrogen) atoms. The Hall–Kier alpha value is -2.67. The van der Waals surface area contributed by atoms with Crippen LogP contribution in [0.25, 0.3) is 11.0 Å². The minimum absolute atomic E-state index is 0.273. The molecule has 0 saturated carbocycles. The predicted molar refractivity (Wildman–Crippen MR) is 107 cm³/mol. The number of H-pyrrole nitrogens is 1. The van der Waals surface area contributed by atoms with Crippen molar-refractivity contribution in [1.29, 1.82) is 0 Å². The number of hydrogen-bond donors (Lipinski definition) is 3. The molecule has 3 aromatic rings. The van der Waals surface area contributed by atoms with Crippen LogP contribution in [0.15, 0.2) is 24.4 Å². The van der Waals surface area contributed by atoms with Crippen LogP contribution in [0, 0.1) is 13.8 Å². The third-order valence-electron chi connectivity index (χ3n) is 5.23. The van der Waals surface area contributed by atoms with Crippen molar-refractivity contribution >= 4 is 22.8 Å². The number of aliphatic hydroxyl groups is 1. The molecule has 1 fully saturated rings. The monoisotopic (exact) mass is 366 g/mol. The highest BCUT2D eigenvalue weighted by Gasteiger charge is 2.19. The van der Waals surface area contributed by atoms with Crippen LogP contribution < -0.4 is 10.2 Å². The zero-order valence-electron chi connectivity index (χ0n) is 15.9. The Kier molecular flexibility index (Phi) is 4.94. The molecule has 0 amide bonds. The second-order valence-electron chi connectivity index (χ2n) is 7.24. The maximum atomic E-state index is 9.86. The van der Waals surface area contributed by atoms with Crippen LogP contribution in [0.5, 0.6) is 0 Å². The lowest BCUT2D eigenvalue weighted by Crippen LogP contribution is -2.38. The highest BCUT2D eigenvalue weighted by Crippen LogP contribution is 2.20. The van der Waals surface area contributed by atoms with E-state index in [1.807, 2.05) is 6.07 Å². The van der Waals surface area contributed by atoms with E-state index in [-0.39, 0.29) is 6.10 Å². The van der Waals surface area contributed by atoms with E-state index in [9.17, 15) is 5.11 Å². The number of fused-ring (bicyclic) bond motifs is 1. The van der Waals surface area contributed by atoms with Gasteiger partial charge in [0.15, 0.2) is 0 Å². The fourth-order valence-corrected chi connectivity index (χ4v) is 3.55. The van der Waals surface area contributed by atoms with E-state index in [4.69, 9.17) is 4.98 Å². The van der Waals surface area contributed by atoms with E-state index in [0.717, 1.165) is 48.5 Å². The molecule has 142 valence electrons. The molecule has 7 heteroatoms. The van der Waals surface area contributed by atoms with E-state index < -0.39 is 0 Å². The summed E-state index contributed by atoms with van der Waals surface area (Å²) in [5.74, 6) is 2.43. The number of nitrogens with zero attached hydrogens (tertiary/aromatic N) is 4. The molecule has 2 aromatic heterocycles. The highest BCUT2D eigenvalue weighted by molar-refractivity contribution is 5.79. The van der Waals surface area contributed by atoms with Crippen molar-refractivity contribution in [2.24, 2.45) is 0 Å². The molecule has 3 heterocycles. The molecule has 0 spiro atoms. The molecular formula is C20H26N6O. The number of nitrogens with one attached hydrogen (secondary N) is 2. The van der Waals surface area contributed by atoms with Gasteiger partial charge in [0.25, 0.3) is 0 Å². The normalized spacial score (nSPS) is 17.4. The van der Waals surface area contributed by atoms with Gasteiger partial charge in [0.2, 0.25) is 5.95 Å². The zero-order chi connectivity index (χ0) is 18.8. The first-order valence-corrected chi connectivity index (χ1v) is 9.55. The van der Waals surface area contributed by atoms with Gasteiger partial charge in [-0.25, -0.2) is 9.97 Å². The van der Waals surface area contributed by atoms with Crippen LogP contribution in [0.1, 0.15) is 29.8 Å². The summed E-state index contributed by atoms with van der Waals surface area (Å²) in [5, 5.41) is 13.1. The molecule has 1 atom stereocenters. The maximum Gasteiger partial charge on any atom is 0.224 e. The van der Waals surface area contributed by atoms with Gasteiger partial charge in [-0.1, -0.05) is 6.07 Å². The number of aromatic amines is 1. The Morgan fingerprint density at radius 2 is 2.15 bits per heavy atom. The number of aliphatic hydroxyl groups excluding tert-OH is 1. The summed E-state index contributed by atoms with van der Waals surface area (Å²) < 4.78 is 0. The molecule has 7 nitrogen and oxygen atoms in total. The summed E-state index contributed by atoms with van der Waals surface area (Å²) in [7, 11) is 0. The number of imidazole rings is 1. The Labute approximate surface area is 158 Å². The number of benzene rings is 1. The van der Waals surface area contributed by atoms with E-state index >= 15 is 0 Å². The number of anilines is 2. The first kappa shape index (κ1) is 17.7. The van der Waals surface area contributed by atoms with Gasteiger partial charge in [0.05, 0.1) is 17.1 Å². The number of aryl methyl sites for hydroxylation is 2. The number of β-amino-alcohol motifs (C(OH)–C–C–N with tert-alkyl or cyclic N) is 1. The smallest absolute Gasteiger partial charge is 0.224 e. The number of piperidine rings is 1. The Bertz CT molecular complexity index is 937. The van der Waals surface area contributed by atoms with Crippen LogP contribution in [0.3, 0.4) is 0 Å². The molecule has 0 radical (unpaired) electrons. The van der Waals surface area contributed by atoms with Crippen LogP contribution in [-0.2, 0) is 6.42 Å². The van der Waals surface area contributed by atoms with Crippen molar-refractivity contribution in [3.63, 3.8) is 0 Å². The van der Waals surface area contributed by atoms with E-state index in [1.165, 1.54) is 11.1 Å². The fraction of sp³-hybridized carbons (Fsp3) is 0.450. The Balaban J connectivity index is 1.39. The third kappa shape index (κ3) is 3.88. The maximum absolute atomic E-state index is 9.86. The quantitative estimate of drug-likeness (QED) is 0.643. The largest absolute Gasteiger partial charge is 0.391 e.